The molecule has 1 saturated heterocycles. The number of hydrogen-bond acceptors (Lipinski definition) is 2. The summed E-state index contributed by atoms with van der Waals surface area (Å²) in [6.07, 6.45) is 4.88. The molecule has 0 spiro atoms. The third-order valence-electron chi connectivity index (χ3n) is 2.05. The van der Waals surface area contributed by atoms with E-state index in [0.717, 1.165) is 5.25 Å². The number of likely N-dealkylation sites (tertiary alicyclic amines) is 1. The second kappa shape index (κ2) is 3.79. The fourth-order valence-corrected chi connectivity index (χ4v) is 2.82. The Hall–Kier alpha value is 0.530. The van der Waals surface area contributed by atoms with E-state index < -0.39 is 0 Å². The molecule has 1 rings (SSSR count). The van der Waals surface area contributed by atoms with Crippen LogP contribution in [0, 0.1) is 0 Å². The van der Waals surface area contributed by atoms with E-state index in [1.807, 2.05) is 0 Å². The number of piperidine rings is 1. The van der Waals surface area contributed by atoms with Crippen molar-refractivity contribution in [2.24, 2.45) is 0 Å². The second-order valence-electron chi connectivity index (χ2n) is 3.03. The molecule has 0 aromatic rings. The Morgan fingerprint density at radius 3 is 2.70 bits per heavy atom. The molecule has 1 heterocycles. The quantitative estimate of drug-likeness (QED) is 0.582. The highest BCUT2D eigenvalue weighted by Crippen LogP contribution is 2.12. The zero-order chi connectivity index (χ0) is 7.56. The van der Waals surface area contributed by atoms with E-state index in [1.165, 1.54) is 25.9 Å². The molecule has 2 atom stereocenters. The Morgan fingerprint density at radius 1 is 1.60 bits per heavy atom. The van der Waals surface area contributed by atoms with Crippen LogP contribution in [0.3, 0.4) is 0 Å². The Balaban J connectivity index is 2.39. The molecule has 0 radical (unpaired) electrons. The van der Waals surface area contributed by atoms with E-state index in [1.54, 1.807) is 0 Å². The van der Waals surface area contributed by atoms with Gasteiger partial charge in [0.2, 0.25) is 0 Å². The second-order valence-corrected chi connectivity index (χ2v) is 6.27. The maximum atomic E-state index is 5.25. The van der Waals surface area contributed by atoms with Crippen molar-refractivity contribution >= 4 is 20.6 Å². The maximum absolute atomic E-state index is 5.25. The summed E-state index contributed by atoms with van der Waals surface area (Å²) in [4.78, 5) is 2.39. The molecule has 0 saturated carbocycles. The minimum atomic E-state index is 0.219. The molecule has 0 amide bonds. The summed E-state index contributed by atoms with van der Waals surface area (Å²) in [7, 11) is 2.41. The van der Waals surface area contributed by atoms with Gasteiger partial charge in [-0.2, -0.15) is 0 Å². The highest BCUT2D eigenvalue weighted by molar-refractivity contribution is 8.28. The zero-order valence-corrected chi connectivity index (χ0v) is 8.30. The van der Waals surface area contributed by atoms with Gasteiger partial charge in [-0.1, -0.05) is 11.2 Å². The van der Waals surface area contributed by atoms with E-state index >= 15 is 0 Å². The number of rotatable bonds is 1. The molecule has 10 heavy (non-hydrogen) atoms. The van der Waals surface area contributed by atoms with Gasteiger partial charge >= 0.3 is 0 Å². The van der Waals surface area contributed by atoms with Crippen molar-refractivity contribution in [3.63, 3.8) is 0 Å². The molecule has 0 aromatic carbocycles. The van der Waals surface area contributed by atoms with E-state index in [0.29, 0.717) is 0 Å². The molecular formula is C7H15NS2. The molecule has 3 heteroatoms. The van der Waals surface area contributed by atoms with Gasteiger partial charge in [0.1, 0.15) is 0 Å². The van der Waals surface area contributed by atoms with Crippen LogP contribution in [-0.2, 0) is 20.6 Å². The standard InChI is InChI=1S/C7H15NS2/c1-8-5-3-4-7(6-8)10(2)9/h7H,3-6H2,1-2H3. The highest BCUT2D eigenvalue weighted by atomic mass is 32.8. The molecule has 2 unspecified atom stereocenters. The smallest absolute Gasteiger partial charge is 0.0219 e. The molecule has 1 aliphatic rings. The Labute approximate surface area is 70.4 Å². The molecule has 0 aliphatic carbocycles. The topological polar surface area (TPSA) is 3.24 Å². The third-order valence-corrected chi connectivity index (χ3v) is 4.19. The summed E-state index contributed by atoms with van der Waals surface area (Å²) in [6, 6.07) is 0. The van der Waals surface area contributed by atoms with Crippen LogP contribution in [-0.4, -0.2) is 36.5 Å². The summed E-state index contributed by atoms with van der Waals surface area (Å²) >= 11 is 5.25. The monoisotopic (exact) mass is 177 g/mol. The van der Waals surface area contributed by atoms with Gasteiger partial charge in [0.25, 0.3) is 0 Å². The first-order valence-electron chi connectivity index (χ1n) is 3.71. The van der Waals surface area contributed by atoms with Crippen molar-refractivity contribution in [3.8, 4) is 0 Å². The van der Waals surface area contributed by atoms with E-state index in [9.17, 15) is 0 Å². The predicted molar refractivity (Wildman–Crippen MR) is 51.2 cm³/mol. The summed E-state index contributed by atoms with van der Waals surface area (Å²) in [5, 5.41) is 0.800. The highest BCUT2D eigenvalue weighted by Gasteiger charge is 2.17. The first kappa shape index (κ1) is 8.62. The first-order chi connectivity index (χ1) is 4.70. The van der Waals surface area contributed by atoms with Crippen LogP contribution in [0.5, 0.6) is 0 Å². The van der Waals surface area contributed by atoms with E-state index in [2.05, 4.69) is 18.2 Å². The molecule has 0 N–H and O–H groups in total. The summed E-state index contributed by atoms with van der Waals surface area (Å²) < 4.78 is 0. The van der Waals surface area contributed by atoms with Crippen LogP contribution in [0.1, 0.15) is 12.8 Å². The predicted octanol–water partition coefficient (Wildman–Crippen LogP) is 0.791. The molecular weight excluding hydrogens is 162 g/mol. The van der Waals surface area contributed by atoms with E-state index in [-0.39, 0.29) is 9.45 Å². The van der Waals surface area contributed by atoms with Crippen LogP contribution in [0.25, 0.3) is 0 Å². The van der Waals surface area contributed by atoms with Gasteiger partial charge in [0.15, 0.2) is 0 Å². The molecule has 0 bridgehead atoms. The van der Waals surface area contributed by atoms with Crippen LogP contribution >= 0.6 is 0 Å². The maximum Gasteiger partial charge on any atom is 0.0219 e. The lowest BCUT2D eigenvalue weighted by Gasteiger charge is -2.29. The normalized spacial score (nSPS) is 32.0. The van der Waals surface area contributed by atoms with Crippen molar-refractivity contribution in [2.45, 2.75) is 18.1 Å². The minimum Gasteiger partial charge on any atom is -0.305 e. The van der Waals surface area contributed by atoms with Crippen LogP contribution in [0.15, 0.2) is 0 Å². The molecule has 1 fully saturated rings. The van der Waals surface area contributed by atoms with Crippen molar-refractivity contribution in [1.82, 2.24) is 4.90 Å². The Kier molecular flexibility index (Phi) is 3.27. The summed E-state index contributed by atoms with van der Waals surface area (Å²) in [6.45, 7) is 2.49. The number of nitrogens with zero attached hydrogens (tertiary/aromatic N) is 1. The lowest BCUT2D eigenvalue weighted by molar-refractivity contribution is 0.283. The van der Waals surface area contributed by atoms with Crippen molar-refractivity contribution < 1.29 is 0 Å². The lowest BCUT2D eigenvalue weighted by atomic mass is 10.1. The zero-order valence-electron chi connectivity index (χ0n) is 6.67. The molecule has 60 valence electrons. The van der Waals surface area contributed by atoms with Crippen LogP contribution < -0.4 is 0 Å². The fraction of sp³-hybridized carbons (Fsp3) is 1.00. The lowest BCUT2D eigenvalue weighted by Crippen LogP contribution is -2.37. The molecule has 1 aliphatic heterocycles. The van der Waals surface area contributed by atoms with Gasteiger partial charge in [0, 0.05) is 11.8 Å². The van der Waals surface area contributed by atoms with Crippen LogP contribution in [0.2, 0.25) is 0 Å². The molecule has 1 nitrogen and oxygen atoms in total. The van der Waals surface area contributed by atoms with Gasteiger partial charge in [-0.3, -0.25) is 0 Å². The largest absolute Gasteiger partial charge is 0.305 e. The summed E-state index contributed by atoms with van der Waals surface area (Å²) in [5.74, 6) is 0. The summed E-state index contributed by atoms with van der Waals surface area (Å²) in [5.41, 5.74) is 0. The molecule has 0 aromatic heterocycles. The van der Waals surface area contributed by atoms with Crippen molar-refractivity contribution in [2.75, 3.05) is 26.4 Å². The first-order valence-corrected chi connectivity index (χ1v) is 6.33. The SMILES string of the molecule is CN1CCCC(S(C)=S)C1. The van der Waals surface area contributed by atoms with Gasteiger partial charge in [0.05, 0.1) is 0 Å². The van der Waals surface area contributed by atoms with Crippen molar-refractivity contribution in [1.29, 1.82) is 0 Å². The van der Waals surface area contributed by atoms with Crippen LogP contribution in [0.4, 0.5) is 0 Å². The third kappa shape index (κ3) is 2.29. The van der Waals surface area contributed by atoms with Crippen molar-refractivity contribution in [3.05, 3.63) is 0 Å². The van der Waals surface area contributed by atoms with Gasteiger partial charge in [-0.25, -0.2) is 0 Å². The van der Waals surface area contributed by atoms with Gasteiger partial charge in [-0.15, -0.1) is 9.45 Å². The average molecular weight is 177 g/mol. The fourth-order valence-electron chi connectivity index (χ4n) is 1.39. The minimum absolute atomic E-state index is 0.219. The van der Waals surface area contributed by atoms with E-state index in [4.69, 9.17) is 11.2 Å². The van der Waals surface area contributed by atoms with Gasteiger partial charge in [-0.05, 0) is 32.7 Å². The van der Waals surface area contributed by atoms with Gasteiger partial charge < -0.3 is 4.90 Å². The average Bonchev–Trinajstić information content (AvgIpc) is 1.88. The Morgan fingerprint density at radius 2 is 2.30 bits per heavy atom. The number of hydrogen-bond donors (Lipinski definition) is 0. The Bertz CT molecular complexity index is 136.